The first-order valence-corrected chi connectivity index (χ1v) is 7.07. The van der Waals surface area contributed by atoms with Crippen LogP contribution in [0.15, 0.2) is 24.3 Å². The fourth-order valence-electron chi connectivity index (χ4n) is 3.09. The first-order valence-electron chi connectivity index (χ1n) is 7.07. The summed E-state index contributed by atoms with van der Waals surface area (Å²) in [5, 5.41) is 10.8. The summed E-state index contributed by atoms with van der Waals surface area (Å²) in [6.45, 7) is 2.11. The van der Waals surface area contributed by atoms with Crippen LogP contribution in [-0.2, 0) is 5.60 Å². The maximum Gasteiger partial charge on any atom is 0.0922 e. The molecule has 0 spiro atoms. The quantitative estimate of drug-likeness (QED) is 0.830. The minimum absolute atomic E-state index is 0.504. The van der Waals surface area contributed by atoms with Crippen LogP contribution in [-0.4, -0.2) is 5.11 Å². The van der Waals surface area contributed by atoms with Crippen LogP contribution in [0.4, 0.5) is 0 Å². The van der Waals surface area contributed by atoms with Crippen molar-refractivity contribution in [3.05, 3.63) is 35.4 Å². The largest absolute Gasteiger partial charge is 0.385 e. The summed E-state index contributed by atoms with van der Waals surface area (Å²) in [7, 11) is 0. The van der Waals surface area contributed by atoms with Crippen LogP contribution in [0, 0.1) is 5.92 Å². The average molecular weight is 230 g/mol. The van der Waals surface area contributed by atoms with Crippen molar-refractivity contribution in [3.8, 4) is 0 Å². The molecule has 2 aliphatic carbocycles. The van der Waals surface area contributed by atoms with E-state index in [1.807, 2.05) is 0 Å². The SMILES string of the molecule is CCC(O)(c1cccc(C2CCC2)c1)C1CC1. The molecule has 2 saturated carbocycles. The molecule has 0 bridgehead atoms. The Kier molecular flexibility index (Phi) is 2.74. The summed E-state index contributed by atoms with van der Waals surface area (Å²) in [5.74, 6) is 1.26. The van der Waals surface area contributed by atoms with Crippen LogP contribution >= 0.6 is 0 Å². The van der Waals surface area contributed by atoms with Crippen molar-refractivity contribution >= 4 is 0 Å². The number of rotatable bonds is 4. The van der Waals surface area contributed by atoms with E-state index in [2.05, 4.69) is 31.2 Å². The lowest BCUT2D eigenvalue weighted by atomic mass is 9.77. The van der Waals surface area contributed by atoms with Crippen LogP contribution in [0.1, 0.15) is 62.5 Å². The van der Waals surface area contributed by atoms with Crippen molar-refractivity contribution in [2.24, 2.45) is 5.92 Å². The van der Waals surface area contributed by atoms with Crippen LogP contribution in [0.2, 0.25) is 0 Å². The number of hydrogen-bond acceptors (Lipinski definition) is 1. The molecule has 1 aromatic rings. The molecule has 0 radical (unpaired) electrons. The van der Waals surface area contributed by atoms with Gasteiger partial charge >= 0.3 is 0 Å². The smallest absolute Gasteiger partial charge is 0.0922 e. The van der Waals surface area contributed by atoms with Crippen molar-refractivity contribution in [1.29, 1.82) is 0 Å². The maximum atomic E-state index is 10.8. The zero-order valence-electron chi connectivity index (χ0n) is 10.7. The molecule has 2 fully saturated rings. The zero-order valence-corrected chi connectivity index (χ0v) is 10.7. The predicted molar refractivity (Wildman–Crippen MR) is 69.9 cm³/mol. The van der Waals surface area contributed by atoms with Gasteiger partial charge in [-0.25, -0.2) is 0 Å². The van der Waals surface area contributed by atoms with Gasteiger partial charge in [-0.2, -0.15) is 0 Å². The Bertz CT molecular complexity index is 404. The van der Waals surface area contributed by atoms with Crippen LogP contribution in [0.25, 0.3) is 0 Å². The Morgan fingerprint density at radius 2 is 2.00 bits per heavy atom. The second kappa shape index (κ2) is 4.13. The van der Waals surface area contributed by atoms with Gasteiger partial charge in [0.25, 0.3) is 0 Å². The van der Waals surface area contributed by atoms with Crippen molar-refractivity contribution in [2.45, 2.75) is 57.0 Å². The minimum atomic E-state index is -0.556. The molecular formula is C16H22O. The van der Waals surface area contributed by atoms with Crippen LogP contribution in [0.3, 0.4) is 0 Å². The molecule has 0 aromatic heterocycles. The molecule has 2 aliphatic rings. The van der Waals surface area contributed by atoms with Gasteiger partial charge < -0.3 is 5.11 Å². The minimum Gasteiger partial charge on any atom is -0.385 e. The molecule has 1 heteroatoms. The van der Waals surface area contributed by atoms with Gasteiger partial charge in [0.05, 0.1) is 5.60 Å². The van der Waals surface area contributed by atoms with Gasteiger partial charge in [-0.3, -0.25) is 0 Å². The number of hydrogen-bond donors (Lipinski definition) is 1. The van der Waals surface area contributed by atoms with Gasteiger partial charge in [-0.05, 0) is 55.1 Å². The summed E-state index contributed by atoms with van der Waals surface area (Å²) in [5.41, 5.74) is 2.05. The molecule has 1 unspecified atom stereocenters. The molecule has 3 rings (SSSR count). The van der Waals surface area contributed by atoms with Gasteiger partial charge in [0, 0.05) is 0 Å². The van der Waals surface area contributed by atoms with Gasteiger partial charge in [0.1, 0.15) is 0 Å². The van der Waals surface area contributed by atoms with Crippen LogP contribution in [0.5, 0.6) is 0 Å². The second-order valence-electron chi connectivity index (χ2n) is 5.81. The zero-order chi connectivity index (χ0) is 11.9. The average Bonchev–Trinajstić information content (AvgIpc) is 3.10. The van der Waals surface area contributed by atoms with Crippen LogP contribution < -0.4 is 0 Å². The molecule has 0 aliphatic heterocycles. The van der Waals surface area contributed by atoms with E-state index in [0.717, 1.165) is 17.9 Å². The summed E-state index contributed by atoms with van der Waals surface area (Å²) in [6, 6.07) is 8.75. The predicted octanol–water partition coefficient (Wildman–Crippen LogP) is 3.96. The molecule has 0 heterocycles. The highest BCUT2D eigenvalue weighted by atomic mass is 16.3. The molecule has 0 amide bonds. The number of aliphatic hydroxyl groups is 1. The first kappa shape index (κ1) is 11.3. The van der Waals surface area contributed by atoms with E-state index in [9.17, 15) is 5.11 Å². The lowest BCUT2D eigenvalue weighted by molar-refractivity contribution is 0.00878. The van der Waals surface area contributed by atoms with E-state index in [4.69, 9.17) is 0 Å². The molecule has 1 atom stereocenters. The highest BCUT2D eigenvalue weighted by molar-refractivity contribution is 5.32. The Morgan fingerprint density at radius 3 is 2.53 bits per heavy atom. The highest BCUT2D eigenvalue weighted by Gasteiger charge is 2.43. The van der Waals surface area contributed by atoms with Gasteiger partial charge in [-0.15, -0.1) is 0 Å². The molecule has 0 saturated heterocycles. The Balaban J connectivity index is 1.90. The van der Waals surface area contributed by atoms with E-state index in [0.29, 0.717) is 5.92 Å². The van der Waals surface area contributed by atoms with E-state index in [1.165, 1.54) is 37.7 Å². The fourth-order valence-corrected chi connectivity index (χ4v) is 3.09. The molecule has 1 nitrogen and oxygen atoms in total. The van der Waals surface area contributed by atoms with E-state index in [1.54, 1.807) is 0 Å². The maximum absolute atomic E-state index is 10.8. The highest BCUT2D eigenvalue weighted by Crippen LogP contribution is 2.48. The Hall–Kier alpha value is -0.820. The lowest BCUT2D eigenvalue weighted by Crippen LogP contribution is -2.27. The third-order valence-corrected chi connectivity index (χ3v) is 4.75. The van der Waals surface area contributed by atoms with E-state index in [-0.39, 0.29) is 0 Å². The van der Waals surface area contributed by atoms with E-state index < -0.39 is 5.60 Å². The Labute approximate surface area is 104 Å². The van der Waals surface area contributed by atoms with Gasteiger partial charge in [-0.1, -0.05) is 37.6 Å². The van der Waals surface area contributed by atoms with Gasteiger partial charge in [0.15, 0.2) is 0 Å². The van der Waals surface area contributed by atoms with Crippen molar-refractivity contribution < 1.29 is 5.11 Å². The molecule has 1 N–H and O–H groups in total. The Morgan fingerprint density at radius 1 is 1.24 bits per heavy atom. The van der Waals surface area contributed by atoms with E-state index >= 15 is 0 Å². The fraction of sp³-hybridized carbons (Fsp3) is 0.625. The monoisotopic (exact) mass is 230 g/mol. The summed E-state index contributed by atoms with van der Waals surface area (Å²) in [4.78, 5) is 0. The normalized spacial score (nSPS) is 24.1. The van der Waals surface area contributed by atoms with Crippen molar-refractivity contribution in [1.82, 2.24) is 0 Å². The first-order chi connectivity index (χ1) is 8.24. The summed E-state index contributed by atoms with van der Waals surface area (Å²) >= 11 is 0. The third-order valence-electron chi connectivity index (χ3n) is 4.75. The second-order valence-corrected chi connectivity index (χ2v) is 5.81. The standard InChI is InChI=1S/C16H22O/c1-2-16(17,14-9-10-14)15-8-4-7-13(11-15)12-5-3-6-12/h4,7-8,11-12,14,17H,2-3,5-6,9-10H2,1H3. The lowest BCUT2D eigenvalue weighted by Gasteiger charge is -2.30. The number of benzene rings is 1. The molecule has 17 heavy (non-hydrogen) atoms. The van der Waals surface area contributed by atoms with Crippen molar-refractivity contribution in [2.75, 3.05) is 0 Å². The molecule has 92 valence electrons. The molecular weight excluding hydrogens is 208 g/mol. The molecule has 1 aromatic carbocycles. The topological polar surface area (TPSA) is 20.2 Å². The van der Waals surface area contributed by atoms with Crippen molar-refractivity contribution in [3.63, 3.8) is 0 Å². The summed E-state index contributed by atoms with van der Waals surface area (Å²) in [6.07, 6.45) is 7.26. The van der Waals surface area contributed by atoms with Gasteiger partial charge in [0.2, 0.25) is 0 Å². The third kappa shape index (κ3) is 1.91. The summed E-state index contributed by atoms with van der Waals surface area (Å²) < 4.78 is 0.